The highest BCUT2D eigenvalue weighted by atomic mass is 35.5. The van der Waals surface area contributed by atoms with Gasteiger partial charge in [-0.05, 0) is 49.6 Å². The quantitative estimate of drug-likeness (QED) is 0.424. The zero-order valence-electron chi connectivity index (χ0n) is 15.5. The maximum Gasteiger partial charge on any atom is 0.143 e. The molecule has 1 N–H and O–H groups in total. The van der Waals surface area contributed by atoms with Gasteiger partial charge in [0.05, 0.1) is 5.39 Å². The van der Waals surface area contributed by atoms with E-state index >= 15 is 0 Å². The van der Waals surface area contributed by atoms with Crippen molar-refractivity contribution in [2.75, 3.05) is 5.32 Å². The molecule has 0 spiro atoms. The van der Waals surface area contributed by atoms with Crippen LogP contribution in [-0.4, -0.2) is 9.97 Å². The zero-order valence-corrected chi connectivity index (χ0v) is 17.1. The van der Waals surface area contributed by atoms with E-state index in [2.05, 4.69) is 38.2 Å². The smallest absolute Gasteiger partial charge is 0.143 e. The summed E-state index contributed by atoms with van der Waals surface area (Å²) in [6, 6.07) is 16.2. The summed E-state index contributed by atoms with van der Waals surface area (Å²) in [5, 5.41) is 5.30. The van der Waals surface area contributed by atoms with E-state index in [9.17, 15) is 0 Å². The predicted molar refractivity (Wildman–Crippen MR) is 116 cm³/mol. The topological polar surface area (TPSA) is 37.8 Å². The Labute approximate surface area is 168 Å². The summed E-state index contributed by atoms with van der Waals surface area (Å²) in [6.07, 6.45) is 0.704. The second-order valence-electron chi connectivity index (χ2n) is 6.70. The fourth-order valence-electron chi connectivity index (χ4n) is 3.10. The van der Waals surface area contributed by atoms with Gasteiger partial charge in [0.25, 0.3) is 0 Å². The Kier molecular flexibility index (Phi) is 4.85. The van der Waals surface area contributed by atoms with Gasteiger partial charge in [-0.3, -0.25) is 0 Å². The van der Waals surface area contributed by atoms with Gasteiger partial charge < -0.3 is 5.32 Å². The highest BCUT2D eigenvalue weighted by Crippen LogP contribution is 2.35. The number of halogens is 1. The number of hydrogen-bond acceptors (Lipinski definition) is 4. The molecule has 4 rings (SSSR count). The molecule has 0 atom stereocenters. The standard InChI is InChI=1S/C22H20ClN3S/c1-13-9-10-17(23)12-18(13)24-21-20-14(2)15(3)27-22(20)26-19(25-21)11-16-7-5-4-6-8-16/h4-10,12H,11H2,1-3H3,(H,24,25,26). The lowest BCUT2D eigenvalue weighted by atomic mass is 10.1. The van der Waals surface area contributed by atoms with Crippen molar-refractivity contribution in [1.29, 1.82) is 0 Å². The lowest BCUT2D eigenvalue weighted by Crippen LogP contribution is -2.03. The van der Waals surface area contributed by atoms with Crippen LogP contribution in [0.3, 0.4) is 0 Å². The molecule has 136 valence electrons. The molecule has 2 aromatic carbocycles. The Hall–Kier alpha value is -2.43. The van der Waals surface area contributed by atoms with Gasteiger partial charge in [-0.25, -0.2) is 9.97 Å². The van der Waals surface area contributed by atoms with Crippen molar-refractivity contribution in [3.8, 4) is 0 Å². The number of fused-ring (bicyclic) bond motifs is 1. The van der Waals surface area contributed by atoms with Gasteiger partial charge >= 0.3 is 0 Å². The van der Waals surface area contributed by atoms with Crippen molar-refractivity contribution >= 4 is 44.7 Å². The molecule has 0 aliphatic heterocycles. The Morgan fingerprint density at radius 2 is 1.78 bits per heavy atom. The predicted octanol–water partition coefficient (Wildman–Crippen LogP) is 6.60. The third-order valence-electron chi connectivity index (χ3n) is 4.73. The van der Waals surface area contributed by atoms with E-state index in [0.29, 0.717) is 11.4 Å². The molecule has 0 unspecified atom stereocenters. The highest BCUT2D eigenvalue weighted by Gasteiger charge is 2.16. The molecule has 0 fully saturated rings. The lowest BCUT2D eigenvalue weighted by Gasteiger charge is -2.12. The minimum atomic E-state index is 0.704. The van der Waals surface area contributed by atoms with Crippen LogP contribution < -0.4 is 5.32 Å². The molecular weight excluding hydrogens is 374 g/mol. The molecule has 0 amide bonds. The van der Waals surface area contributed by atoms with Crippen LogP contribution in [0.5, 0.6) is 0 Å². The fraction of sp³-hybridized carbons (Fsp3) is 0.182. The summed E-state index contributed by atoms with van der Waals surface area (Å²) in [5.74, 6) is 1.66. The summed E-state index contributed by atoms with van der Waals surface area (Å²) in [6.45, 7) is 6.32. The van der Waals surface area contributed by atoms with Crippen molar-refractivity contribution in [3.05, 3.63) is 80.9 Å². The first-order valence-corrected chi connectivity index (χ1v) is 10.0. The van der Waals surface area contributed by atoms with Gasteiger partial charge in [-0.15, -0.1) is 11.3 Å². The van der Waals surface area contributed by atoms with E-state index < -0.39 is 0 Å². The number of nitrogens with zero attached hydrogens (tertiary/aromatic N) is 2. The first-order chi connectivity index (χ1) is 13.0. The molecule has 5 heteroatoms. The maximum atomic E-state index is 6.20. The first kappa shape index (κ1) is 18.0. The zero-order chi connectivity index (χ0) is 19.0. The molecule has 2 aromatic heterocycles. The fourth-order valence-corrected chi connectivity index (χ4v) is 4.32. The van der Waals surface area contributed by atoms with Crippen LogP contribution >= 0.6 is 22.9 Å². The monoisotopic (exact) mass is 393 g/mol. The van der Waals surface area contributed by atoms with Crippen molar-refractivity contribution in [2.24, 2.45) is 0 Å². The maximum absolute atomic E-state index is 6.20. The molecular formula is C22H20ClN3S. The van der Waals surface area contributed by atoms with Gasteiger partial charge in [0.2, 0.25) is 0 Å². The van der Waals surface area contributed by atoms with Gasteiger partial charge in [-0.2, -0.15) is 0 Å². The number of nitrogens with one attached hydrogen (secondary N) is 1. The summed E-state index contributed by atoms with van der Waals surface area (Å²) in [5.41, 5.74) is 4.52. The van der Waals surface area contributed by atoms with E-state index in [1.807, 2.05) is 36.4 Å². The minimum Gasteiger partial charge on any atom is -0.339 e. The average Bonchev–Trinajstić information content (AvgIpc) is 2.93. The van der Waals surface area contributed by atoms with Gasteiger partial charge in [0.15, 0.2) is 0 Å². The SMILES string of the molecule is Cc1ccc(Cl)cc1Nc1nc(Cc2ccccc2)nc2sc(C)c(C)c12. The Morgan fingerprint density at radius 3 is 2.56 bits per heavy atom. The van der Waals surface area contributed by atoms with E-state index in [-0.39, 0.29) is 0 Å². The number of aryl methyl sites for hydroxylation is 3. The second-order valence-corrected chi connectivity index (χ2v) is 8.34. The van der Waals surface area contributed by atoms with E-state index in [0.717, 1.165) is 33.1 Å². The van der Waals surface area contributed by atoms with Crippen molar-refractivity contribution in [1.82, 2.24) is 9.97 Å². The summed E-state index contributed by atoms with van der Waals surface area (Å²) < 4.78 is 0. The van der Waals surface area contributed by atoms with Crippen LogP contribution in [0, 0.1) is 20.8 Å². The number of benzene rings is 2. The summed E-state index contributed by atoms with van der Waals surface area (Å²) >= 11 is 7.92. The average molecular weight is 394 g/mol. The lowest BCUT2D eigenvalue weighted by molar-refractivity contribution is 0.999. The van der Waals surface area contributed by atoms with Crippen LogP contribution in [0.1, 0.15) is 27.4 Å². The summed E-state index contributed by atoms with van der Waals surface area (Å²) in [4.78, 5) is 12.0. The number of rotatable bonds is 4. The molecule has 0 bridgehead atoms. The Morgan fingerprint density at radius 1 is 1.00 bits per heavy atom. The van der Waals surface area contributed by atoms with E-state index in [4.69, 9.17) is 21.6 Å². The van der Waals surface area contributed by atoms with Gasteiger partial charge in [-0.1, -0.05) is 48.0 Å². The Bertz CT molecular complexity index is 1120. The molecule has 0 saturated carbocycles. The third kappa shape index (κ3) is 3.68. The van der Waals surface area contributed by atoms with Crippen molar-refractivity contribution in [3.63, 3.8) is 0 Å². The molecule has 0 aliphatic carbocycles. The third-order valence-corrected chi connectivity index (χ3v) is 6.07. The number of hydrogen-bond donors (Lipinski definition) is 1. The van der Waals surface area contributed by atoms with Crippen LogP contribution in [-0.2, 0) is 6.42 Å². The largest absolute Gasteiger partial charge is 0.339 e. The Balaban J connectivity index is 1.82. The molecule has 0 radical (unpaired) electrons. The molecule has 3 nitrogen and oxygen atoms in total. The molecule has 4 aromatic rings. The highest BCUT2D eigenvalue weighted by molar-refractivity contribution is 7.18. The molecule has 27 heavy (non-hydrogen) atoms. The van der Waals surface area contributed by atoms with Crippen LogP contribution in [0.2, 0.25) is 5.02 Å². The van der Waals surface area contributed by atoms with E-state index in [1.165, 1.54) is 16.0 Å². The second kappa shape index (κ2) is 7.29. The number of aromatic nitrogens is 2. The first-order valence-electron chi connectivity index (χ1n) is 8.85. The number of anilines is 2. The van der Waals surface area contributed by atoms with Crippen LogP contribution in [0.25, 0.3) is 10.2 Å². The van der Waals surface area contributed by atoms with Crippen LogP contribution in [0.15, 0.2) is 48.5 Å². The van der Waals surface area contributed by atoms with Gasteiger partial charge in [0.1, 0.15) is 16.5 Å². The van der Waals surface area contributed by atoms with Gasteiger partial charge in [0, 0.05) is 22.0 Å². The molecule has 2 heterocycles. The summed E-state index contributed by atoms with van der Waals surface area (Å²) in [7, 11) is 0. The van der Waals surface area contributed by atoms with Crippen molar-refractivity contribution in [2.45, 2.75) is 27.2 Å². The normalized spacial score (nSPS) is 11.1. The minimum absolute atomic E-state index is 0.704. The van der Waals surface area contributed by atoms with Crippen LogP contribution in [0.4, 0.5) is 11.5 Å². The van der Waals surface area contributed by atoms with Crippen molar-refractivity contribution < 1.29 is 0 Å². The molecule has 0 aliphatic rings. The number of thiophene rings is 1. The molecule has 0 saturated heterocycles. The van der Waals surface area contributed by atoms with E-state index in [1.54, 1.807) is 11.3 Å².